The molecule has 0 amide bonds. The molecule has 0 aromatic heterocycles. The van der Waals surface area contributed by atoms with Crippen LogP contribution < -0.4 is 0 Å². The van der Waals surface area contributed by atoms with Crippen LogP contribution in [-0.4, -0.2) is 25.7 Å². The molecule has 1 aliphatic heterocycles. The molecule has 0 bridgehead atoms. The zero-order valence-electron chi connectivity index (χ0n) is 17.6. The van der Waals surface area contributed by atoms with Gasteiger partial charge in [0.1, 0.15) is 12.0 Å². The van der Waals surface area contributed by atoms with Gasteiger partial charge in [-0.15, -0.1) is 0 Å². The molecule has 4 heteroatoms. The molecule has 0 aliphatic carbocycles. The summed E-state index contributed by atoms with van der Waals surface area (Å²) < 4.78 is 10.9. The largest absolute Gasteiger partial charge is 0.468 e. The van der Waals surface area contributed by atoms with Gasteiger partial charge >= 0.3 is 11.9 Å². The monoisotopic (exact) mass is 354 g/mol. The second kappa shape index (κ2) is 7.67. The van der Waals surface area contributed by atoms with E-state index in [0.717, 1.165) is 32.1 Å². The Morgan fingerprint density at radius 1 is 1.12 bits per heavy atom. The molecular weight excluding hydrogens is 316 g/mol. The zero-order chi connectivity index (χ0) is 19.5. The maximum atomic E-state index is 12.9. The van der Waals surface area contributed by atoms with Crippen molar-refractivity contribution in [3.63, 3.8) is 0 Å². The van der Waals surface area contributed by atoms with Crippen molar-refractivity contribution in [2.24, 2.45) is 21.7 Å². The average molecular weight is 355 g/mol. The fourth-order valence-corrected chi connectivity index (χ4v) is 4.62. The molecule has 1 fully saturated rings. The minimum atomic E-state index is -0.781. The highest BCUT2D eigenvalue weighted by Gasteiger charge is 2.61. The number of cyclic esters (lactones) is 1. The molecule has 0 aromatic rings. The summed E-state index contributed by atoms with van der Waals surface area (Å²) in [5.41, 5.74) is -1.66. The quantitative estimate of drug-likeness (QED) is 0.566. The third-order valence-electron chi connectivity index (χ3n) is 7.45. The Labute approximate surface area is 154 Å². The van der Waals surface area contributed by atoms with Crippen LogP contribution in [0.4, 0.5) is 0 Å². The highest BCUT2D eigenvalue weighted by atomic mass is 16.6. The van der Waals surface area contributed by atoms with Gasteiger partial charge in [-0.3, -0.25) is 9.59 Å². The van der Waals surface area contributed by atoms with Crippen molar-refractivity contribution in [3.05, 3.63) is 0 Å². The zero-order valence-corrected chi connectivity index (χ0v) is 17.6. The third-order valence-corrected chi connectivity index (χ3v) is 7.45. The Balaban J connectivity index is 3.40. The molecule has 2 atom stereocenters. The van der Waals surface area contributed by atoms with Crippen LogP contribution in [0.15, 0.2) is 0 Å². The fourth-order valence-electron chi connectivity index (χ4n) is 4.62. The molecule has 0 radical (unpaired) electrons. The number of esters is 2. The Hall–Kier alpha value is -1.06. The lowest BCUT2D eigenvalue weighted by molar-refractivity contribution is -0.200. The molecule has 0 saturated carbocycles. The van der Waals surface area contributed by atoms with Crippen LogP contribution >= 0.6 is 0 Å². The molecule has 0 spiro atoms. The van der Waals surface area contributed by atoms with Gasteiger partial charge in [-0.1, -0.05) is 54.4 Å². The van der Waals surface area contributed by atoms with E-state index < -0.39 is 10.8 Å². The highest BCUT2D eigenvalue weighted by molar-refractivity contribution is 5.84. The molecular formula is C21H38O4. The maximum absolute atomic E-state index is 12.9. The van der Waals surface area contributed by atoms with E-state index in [9.17, 15) is 9.59 Å². The Morgan fingerprint density at radius 3 is 2.04 bits per heavy atom. The van der Waals surface area contributed by atoms with Crippen LogP contribution in [0, 0.1) is 21.7 Å². The van der Waals surface area contributed by atoms with E-state index in [1.54, 1.807) is 0 Å². The van der Waals surface area contributed by atoms with Crippen molar-refractivity contribution in [1.29, 1.82) is 0 Å². The maximum Gasteiger partial charge on any atom is 0.315 e. The normalized spacial score (nSPS) is 27.8. The predicted octanol–water partition coefficient (Wildman–Crippen LogP) is 5.14. The lowest BCUT2D eigenvalue weighted by Gasteiger charge is -2.53. The first kappa shape index (κ1) is 22.0. The second-order valence-electron chi connectivity index (χ2n) is 8.85. The lowest BCUT2D eigenvalue weighted by Crippen LogP contribution is -2.58. The van der Waals surface area contributed by atoms with Crippen LogP contribution in [0.5, 0.6) is 0 Å². The van der Waals surface area contributed by atoms with E-state index in [1.807, 2.05) is 6.92 Å². The smallest absolute Gasteiger partial charge is 0.315 e. The standard InChI is InChI=1S/C21H38O4/c1-9-18(5,10-2)13-19(6)14-21(17(23)24-8,15-25-16(19)22)20(7,11-3)12-4/h9-15H2,1-8H3. The first-order valence-corrected chi connectivity index (χ1v) is 9.77. The number of ether oxygens (including phenoxy) is 2. The summed E-state index contributed by atoms with van der Waals surface area (Å²) in [5.74, 6) is -0.415. The molecule has 1 aliphatic rings. The van der Waals surface area contributed by atoms with Crippen LogP contribution in [0.1, 0.15) is 87.0 Å². The summed E-state index contributed by atoms with van der Waals surface area (Å²) >= 11 is 0. The van der Waals surface area contributed by atoms with Gasteiger partial charge in [0.15, 0.2) is 0 Å². The van der Waals surface area contributed by atoms with Gasteiger partial charge in [0.05, 0.1) is 12.5 Å². The van der Waals surface area contributed by atoms with Crippen molar-refractivity contribution in [3.8, 4) is 0 Å². The first-order valence-electron chi connectivity index (χ1n) is 9.77. The average Bonchev–Trinajstić information content (AvgIpc) is 2.62. The van der Waals surface area contributed by atoms with Crippen LogP contribution in [0.2, 0.25) is 0 Å². The Bertz CT molecular complexity index is 490. The van der Waals surface area contributed by atoms with Gasteiger partial charge in [0, 0.05) is 0 Å². The van der Waals surface area contributed by atoms with Gasteiger partial charge in [-0.05, 0) is 43.4 Å². The molecule has 1 heterocycles. The van der Waals surface area contributed by atoms with E-state index >= 15 is 0 Å². The van der Waals surface area contributed by atoms with Gasteiger partial charge in [0.25, 0.3) is 0 Å². The van der Waals surface area contributed by atoms with Crippen LogP contribution in [0.25, 0.3) is 0 Å². The van der Waals surface area contributed by atoms with Gasteiger partial charge in [-0.2, -0.15) is 0 Å². The summed E-state index contributed by atoms with van der Waals surface area (Å²) in [5, 5.41) is 0. The Kier molecular flexibility index (Phi) is 6.75. The third kappa shape index (κ3) is 3.73. The van der Waals surface area contributed by atoms with Crippen LogP contribution in [-0.2, 0) is 19.1 Å². The summed E-state index contributed by atoms with van der Waals surface area (Å²) in [4.78, 5) is 25.7. The van der Waals surface area contributed by atoms with E-state index in [4.69, 9.17) is 9.47 Å². The Morgan fingerprint density at radius 2 is 1.64 bits per heavy atom. The van der Waals surface area contributed by atoms with E-state index in [-0.39, 0.29) is 29.4 Å². The SMILES string of the molecule is CCC(C)(CC)CC1(C)CC(C(=O)OC)(C(C)(CC)CC)COC1=O. The van der Waals surface area contributed by atoms with Crippen molar-refractivity contribution in [2.75, 3.05) is 13.7 Å². The molecule has 25 heavy (non-hydrogen) atoms. The summed E-state index contributed by atoms with van der Waals surface area (Å²) in [6, 6.07) is 0. The van der Waals surface area contributed by atoms with Crippen molar-refractivity contribution >= 4 is 11.9 Å². The molecule has 146 valence electrons. The van der Waals surface area contributed by atoms with E-state index in [0.29, 0.717) is 6.42 Å². The number of carbonyl (C=O) groups is 2. The lowest BCUT2D eigenvalue weighted by atomic mass is 9.53. The highest BCUT2D eigenvalue weighted by Crippen LogP contribution is 2.57. The predicted molar refractivity (Wildman–Crippen MR) is 100 cm³/mol. The summed E-state index contributed by atoms with van der Waals surface area (Å²) in [6.45, 7) is 15.0. The number of methoxy groups -OCH3 is 1. The molecule has 2 unspecified atom stereocenters. The first-order chi connectivity index (χ1) is 11.5. The minimum Gasteiger partial charge on any atom is -0.468 e. The van der Waals surface area contributed by atoms with E-state index in [2.05, 4.69) is 41.5 Å². The van der Waals surface area contributed by atoms with Crippen molar-refractivity contribution < 1.29 is 19.1 Å². The molecule has 0 N–H and O–H groups in total. The van der Waals surface area contributed by atoms with Crippen LogP contribution in [0.3, 0.4) is 0 Å². The minimum absolute atomic E-state index is 0.0573. The number of hydrogen-bond acceptors (Lipinski definition) is 4. The van der Waals surface area contributed by atoms with Gasteiger partial charge in [0.2, 0.25) is 0 Å². The van der Waals surface area contributed by atoms with Crippen molar-refractivity contribution in [1.82, 2.24) is 0 Å². The summed E-state index contributed by atoms with van der Waals surface area (Å²) in [7, 11) is 1.44. The fraction of sp³-hybridized carbons (Fsp3) is 0.905. The second-order valence-corrected chi connectivity index (χ2v) is 8.85. The van der Waals surface area contributed by atoms with Crippen molar-refractivity contribution in [2.45, 2.75) is 87.0 Å². The topological polar surface area (TPSA) is 52.6 Å². The number of carbonyl (C=O) groups excluding carboxylic acids is 2. The molecule has 1 saturated heterocycles. The van der Waals surface area contributed by atoms with Gasteiger partial charge in [-0.25, -0.2) is 0 Å². The van der Waals surface area contributed by atoms with Gasteiger partial charge < -0.3 is 9.47 Å². The number of hydrogen-bond donors (Lipinski definition) is 0. The molecule has 0 aromatic carbocycles. The summed E-state index contributed by atoms with van der Waals surface area (Å²) in [6.07, 6.45) is 4.90. The molecule has 1 rings (SSSR count). The molecule has 4 nitrogen and oxygen atoms in total. The number of rotatable bonds is 8. The van der Waals surface area contributed by atoms with E-state index in [1.165, 1.54) is 7.11 Å².